The van der Waals surface area contributed by atoms with Gasteiger partial charge in [0.25, 0.3) is 0 Å². The summed E-state index contributed by atoms with van der Waals surface area (Å²) in [6.07, 6.45) is 4.04. The van der Waals surface area contributed by atoms with E-state index in [9.17, 15) is 9.59 Å². The van der Waals surface area contributed by atoms with Gasteiger partial charge in [0.1, 0.15) is 6.04 Å². The van der Waals surface area contributed by atoms with Crippen molar-refractivity contribution < 1.29 is 9.59 Å². The van der Waals surface area contributed by atoms with Gasteiger partial charge in [0.15, 0.2) is 0 Å². The molecular weight excluding hydrogens is 358 g/mol. The van der Waals surface area contributed by atoms with Gasteiger partial charge >= 0.3 is 0 Å². The lowest BCUT2D eigenvalue weighted by Crippen LogP contribution is -2.42. The van der Waals surface area contributed by atoms with Crippen LogP contribution in [0.15, 0.2) is 59.5 Å². The Balaban J connectivity index is 1.70. The lowest BCUT2D eigenvalue weighted by atomic mass is 10.0. The Morgan fingerprint density at radius 1 is 1.11 bits per heavy atom. The van der Waals surface area contributed by atoms with E-state index >= 15 is 0 Å². The summed E-state index contributed by atoms with van der Waals surface area (Å²) in [6.45, 7) is 0.125. The Bertz CT molecular complexity index is 793. The average Bonchev–Trinajstić information content (AvgIpc) is 3.47. The first-order valence-corrected chi connectivity index (χ1v) is 10.3. The smallest absolute Gasteiger partial charge is 0.242 e. The number of nitrogens with one attached hydrogen (secondary N) is 2. The molecule has 3 rings (SSSR count). The molecule has 1 saturated carbocycles. The first-order chi connectivity index (χ1) is 13.1. The summed E-state index contributed by atoms with van der Waals surface area (Å²) in [5.41, 5.74) is 1.68. The van der Waals surface area contributed by atoms with Crippen molar-refractivity contribution in [1.29, 1.82) is 0 Å². The van der Waals surface area contributed by atoms with Gasteiger partial charge in [-0.05, 0) is 43.8 Å². The Morgan fingerprint density at radius 3 is 2.44 bits per heavy atom. The van der Waals surface area contributed by atoms with Crippen molar-refractivity contribution in [3.63, 3.8) is 0 Å². The summed E-state index contributed by atoms with van der Waals surface area (Å²) in [7, 11) is 1.81. The zero-order valence-electron chi connectivity index (χ0n) is 15.6. The van der Waals surface area contributed by atoms with Crippen molar-refractivity contribution in [3.8, 4) is 0 Å². The second-order valence-electron chi connectivity index (χ2n) is 6.76. The third kappa shape index (κ3) is 5.34. The zero-order valence-corrected chi connectivity index (χ0v) is 16.5. The Labute approximate surface area is 164 Å². The third-order valence-electron chi connectivity index (χ3n) is 4.50. The van der Waals surface area contributed by atoms with Crippen molar-refractivity contribution in [2.24, 2.45) is 0 Å². The quantitative estimate of drug-likeness (QED) is 0.687. The molecule has 5 nitrogen and oxygen atoms in total. The lowest BCUT2D eigenvalue weighted by molar-refractivity contribution is -0.127. The molecule has 0 aliphatic heterocycles. The molecule has 1 aliphatic rings. The molecule has 0 bridgehead atoms. The van der Waals surface area contributed by atoms with Crippen LogP contribution in [0.2, 0.25) is 0 Å². The van der Waals surface area contributed by atoms with Gasteiger partial charge in [0.05, 0.1) is 12.2 Å². The van der Waals surface area contributed by atoms with Crippen LogP contribution >= 0.6 is 11.8 Å². The van der Waals surface area contributed by atoms with Gasteiger partial charge in [-0.1, -0.05) is 42.5 Å². The van der Waals surface area contributed by atoms with Crippen LogP contribution in [-0.4, -0.2) is 42.6 Å². The Kier molecular flexibility index (Phi) is 6.53. The molecule has 6 heteroatoms. The van der Waals surface area contributed by atoms with E-state index in [-0.39, 0.29) is 24.4 Å². The number of hydrogen-bond donors (Lipinski definition) is 2. The highest BCUT2D eigenvalue weighted by Gasteiger charge is 2.31. The number of carbonyl (C=O) groups excluding carboxylic acids is 2. The first-order valence-electron chi connectivity index (χ1n) is 9.07. The van der Waals surface area contributed by atoms with Crippen LogP contribution in [0.3, 0.4) is 0 Å². The van der Waals surface area contributed by atoms with E-state index in [4.69, 9.17) is 0 Å². The van der Waals surface area contributed by atoms with Crippen LogP contribution in [0.1, 0.15) is 24.4 Å². The third-order valence-corrected chi connectivity index (χ3v) is 5.30. The highest BCUT2D eigenvalue weighted by molar-refractivity contribution is 7.98. The van der Waals surface area contributed by atoms with Crippen molar-refractivity contribution in [2.75, 3.05) is 25.2 Å². The van der Waals surface area contributed by atoms with Crippen molar-refractivity contribution >= 4 is 29.3 Å². The summed E-state index contributed by atoms with van der Waals surface area (Å²) >= 11 is 1.59. The molecule has 2 N–H and O–H groups in total. The van der Waals surface area contributed by atoms with E-state index in [1.807, 2.05) is 67.9 Å². The van der Waals surface area contributed by atoms with E-state index in [1.165, 1.54) is 0 Å². The molecule has 142 valence electrons. The van der Waals surface area contributed by atoms with E-state index in [1.54, 1.807) is 16.7 Å². The second kappa shape index (κ2) is 9.06. The predicted octanol–water partition coefficient (Wildman–Crippen LogP) is 3.30. The molecule has 1 atom stereocenters. The number of thioether (sulfide) groups is 1. The SMILES string of the molecule is CSc1ccccc1NC(=O)CN(C)[C@@H](C(=O)NC1CC1)c1ccccc1. The van der Waals surface area contributed by atoms with E-state index < -0.39 is 6.04 Å². The van der Waals surface area contributed by atoms with Crippen LogP contribution in [-0.2, 0) is 9.59 Å². The fourth-order valence-corrected chi connectivity index (χ4v) is 3.56. The Hall–Kier alpha value is -2.31. The van der Waals surface area contributed by atoms with Gasteiger partial charge in [0.2, 0.25) is 11.8 Å². The normalized spacial score (nSPS) is 14.6. The predicted molar refractivity (Wildman–Crippen MR) is 110 cm³/mol. The number of para-hydroxylation sites is 1. The number of benzene rings is 2. The van der Waals surface area contributed by atoms with Gasteiger partial charge in [-0.15, -0.1) is 11.8 Å². The molecule has 1 fully saturated rings. The number of anilines is 1. The van der Waals surface area contributed by atoms with E-state index in [0.717, 1.165) is 29.0 Å². The second-order valence-corrected chi connectivity index (χ2v) is 7.61. The highest BCUT2D eigenvalue weighted by Crippen LogP contribution is 2.26. The minimum atomic E-state index is -0.492. The lowest BCUT2D eigenvalue weighted by Gasteiger charge is -2.27. The van der Waals surface area contributed by atoms with E-state index in [0.29, 0.717) is 0 Å². The maximum atomic E-state index is 12.8. The summed E-state index contributed by atoms with van der Waals surface area (Å²) in [4.78, 5) is 28.2. The summed E-state index contributed by atoms with van der Waals surface area (Å²) < 4.78 is 0. The fraction of sp³-hybridized carbons (Fsp3) is 0.333. The first kappa shape index (κ1) is 19.5. The number of likely N-dealkylation sites (N-methyl/N-ethyl adjacent to an activating group) is 1. The molecule has 2 aromatic rings. The molecule has 0 saturated heterocycles. The number of rotatable bonds is 8. The van der Waals surface area contributed by atoms with Crippen LogP contribution in [0.5, 0.6) is 0 Å². The van der Waals surface area contributed by atoms with Crippen LogP contribution in [0, 0.1) is 0 Å². The minimum absolute atomic E-state index is 0.0523. The van der Waals surface area contributed by atoms with Crippen molar-refractivity contribution in [3.05, 3.63) is 60.2 Å². The van der Waals surface area contributed by atoms with Crippen molar-refractivity contribution in [1.82, 2.24) is 10.2 Å². The summed E-state index contributed by atoms with van der Waals surface area (Å²) in [5.74, 6) is -0.192. The molecular formula is C21H25N3O2S. The van der Waals surface area contributed by atoms with Crippen molar-refractivity contribution in [2.45, 2.75) is 29.8 Å². The number of amides is 2. The standard InChI is InChI=1S/C21H25N3O2S/c1-24(14-19(25)23-17-10-6-7-11-18(17)27-2)20(15-8-4-3-5-9-15)21(26)22-16-12-13-16/h3-11,16,20H,12-14H2,1-2H3,(H,22,26)(H,23,25)/t20-/m1/s1. The maximum absolute atomic E-state index is 12.8. The number of carbonyl (C=O) groups is 2. The molecule has 2 aromatic carbocycles. The van der Waals surface area contributed by atoms with Crippen LogP contribution < -0.4 is 10.6 Å². The van der Waals surface area contributed by atoms with Gasteiger partial charge in [-0.2, -0.15) is 0 Å². The molecule has 0 unspecified atom stereocenters. The molecule has 0 aromatic heterocycles. The molecule has 0 heterocycles. The minimum Gasteiger partial charge on any atom is -0.352 e. The molecule has 1 aliphatic carbocycles. The topological polar surface area (TPSA) is 61.4 Å². The molecule has 0 spiro atoms. The number of nitrogens with zero attached hydrogens (tertiary/aromatic N) is 1. The van der Waals surface area contributed by atoms with Gasteiger partial charge in [-0.3, -0.25) is 14.5 Å². The van der Waals surface area contributed by atoms with E-state index in [2.05, 4.69) is 10.6 Å². The number of hydrogen-bond acceptors (Lipinski definition) is 4. The fourth-order valence-electron chi connectivity index (χ4n) is 3.00. The summed E-state index contributed by atoms with van der Waals surface area (Å²) in [5, 5.41) is 6.02. The van der Waals surface area contributed by atoms with Crippen LogP contribution in [0.25, 0.3) is 0 Å². The molecule has 0 radical (unpaired) electrons. The largest absolute Gasteiger partial charge is 0.352 e. The van der Waals surface area contributed by atoms with Gasteiger partial charge < -0.3 is 10.6 Å². The summed E-state index contributed by atoms with van der Waals surface area (Å²) in [6, 6.07) is 17.1. The molecule has 27 heavy (non-hydrogen) atoms. The van der Waals surface area contributed by atoms with Crippen LogP contribution in [0.4, 0.5) is 5.69 Å². The highest BCUT2D eigenvalue weighted by atomic mass is 32.2. The van der Waals surface area contributed by atoms with Gasteiger partial charge in [-0.25, -0.2) is 0 Å². The molecule has 2 amide bonds. The van der Waals surface area contributed by atoms with Gasteiger partial charge in [0, 0.05) is 10.9 Å². The zero-order chi connectivity index (χ0) is 19.2. The monoisotopic (exact) mass is 383 g/mol. The Morgan fingerprint density at radius 2 is 1.78 bits per heavy atom. The average molecular weight is 384 g/mol. The maximum Gasteiger partial charge on any atom is 0.242 e.